The van der Waals surface area contributed by atoms with Crippen molar-refractivity contribution in [3.8, 4) is 0 Å². The van der Waals surface area contributed by atoms with Crippen molar-refractivity contribution in [2.75, 3.05) is 11.4 Å². The molecule has 0 fully saturated rings. The lowest BCUT2D eigenvalue weighted by Gasteiger charge is -2.27. The third-order valence-electron chi connectivity index (χ3n) is 4.73. The highest BCUT2D eigenvalue weighted by Gasteiger charge is 2.16. The Kier molecular flexibility index (Phi) is 6.50. The number of hydrogen-bond acceptors (Lipinski definition) is 3. The summed E-state index contributed by atoms with van der Waals surface area (Å²) >= 11 is 1.74. The first-order chi connectivity index (χ1) is 12.8. The van der Waals surface area contributed by atoms with Gasteiger partial charge in [0.05, 0.1) is 10.2 Å². The van der Waals surface area contributed by atoms with Gasteiger partial charge in [-0.1, -0.05) is 43.3 Å². The molecule has 1 aromatic heterocycles. The smallest absolute Gasteiger partial charge is 0.117 e. The molecule has 0 spiro atoms. The summed E-state index contributed by atoms with van der Waals surface area (Å²) in [6.45, 7) is 5.38. The average Bonchev–Trinajstić information content (AvgIpc) is 3.11. The van der Waals surface area contributed by atoms with Gasteiger partial charge >= 0.3 is 0 Å². The molecular formula is C23H23IN2S. The predicted octanol–water partition coefficient (Wildman–Crippen LogP) is 7.14. The van der Waals surface area contributed by atoms with Crippen LogP contribution in [0.15, 0.2) is 72.5 Å². The van der Waals surface area contributed by atoms with Crippen LogP contribution in [-0.4, -0.2) is 11.5 Å². The normalized spacial score (nSPS) is 15.1. The van der Waals surface area contributed by atoms with Crippen LogP contribution in [0.3, 0.4) is 0 Å². The lowest BCUT2D eigenvalue weighted by Crippen LogP contribution is -2.19. The van der Waals surface area contributed by atoms with Gasteiger partial charge in [-0.05, 0) is 54.8 Å². The molecular weight excluding hydrogens is 463 g/mol. The molecule has 0 atom stereocenters. The molecule has 2 heterocycles. The second-order valence-corrected chi connectivity index (χ2v) is 7.33. The molecule has 0 aliphatic carbocycles. The quantitative estimate of drug-likeness (QED) is 0.364. The minimum absolute atomic E-state index is 0. The molecule has 1 aliphatic heterocycles. The molecule has 0 bridgehead atoms. The van der Waals surface area contributed by atoms with Gasteiger partial charge in [-0.25, -0.2) is 4.98 Å². The van der Waals surface area contributed by atoms with Gasteiger partial charge in [0, 0.05) is 24.0 Å². The summed E-state index contributed by atoms with van der Waals surface area (Å²) in [6.07, 6.45) is 9.81. The first-order valence-corrected chi connectivity index (χ1v) is 9.93. The largest absolute Gasteiger partial charge is 0.348 e. The van der Waals surface area contributed by atoms with Crippen LogP contribution in [0, 0.1) is 0 Å². The zero-order chi connectivity index (χ0) is 17.9. The van der Waals surface area contributed by atoms with Crippen LogP contribution in [0.4, 0.5) is 5.69 Å². The second kappa shape index (κ2) is 8.85. The molecule has 4 heteroatoms. The number of rotatable bonds is 4. The van der Waals surface area contributed by atoms with E-state index in [9.17, 15) is 0 Å². The van der Waals surface area contributed by atoms with Crippen LogP contribution in [-0.2, 0) is 0 Å². The Bertz CT molecular complexity index is 997. The average molecular weight is 486 g/mol. The van der Waals surface area contributed by atoms with Crippen molar-refractivity contribution in [2.45, 2.75) is 20.3 Å². The van der Waals surface area contributed by atoms with E-state index < -0.39 is 0 Å². The van der Waals surface area contributed by atoms with Crippen molar-refractivity contribution in [1.82, 2.24) is 4.98 Å². The van der Waals surface area contributed by atoms with Crippen LogP contribution >= 0.6 is 35.3 Å². The molecule has 0 saturated heterocycles. The van der Waals surface area contributed by atoms with Crippen molar-refractivity contribution < 1.29 is 0 Å². The predicted molar refractivity (Wildman–Crippen MR) is 130 cm³/mol. The number of hydrogen-bond donors (Lipinski definition) is 0. The minimum atomic E-state index is 0. The van der Waals surface area contributed by atoms with Gasteiger partial charge in [0.25, 0.3) is 0 Å². The number of para-hydroxylation sites is 2. The second-order valence-electron chi connectivity index (χ2n) is 6.26. The topological polar surface area (TPSA) is 16.1 Å². The Morgan fingerprint density at radius 3 is 2.63 bits per heavy atom. The Morgan fingerprint density at radius 1 is 1.07 bits per heavy atom. The van der Waals surface area contributed by atoms with E-state index in [1.807, 2.05) is 6.07 Å². The highest BCUT2D eigenvalue weighted by atomic mass is 127. The van der Waals surface area contributed by atoms with Crippen LogP contribution in [0.2, 0.25) is 0 Å². The molecule has 1 aliphatic rings. The molecule has 4 rings (SSSR count). The first kappa shape index (κ1) is 19.8. The molecule has 2 nitrogen and oxygen atoms in total. The molecule has 27 heavy (non-hydrogen) atoms. The molecule has 0 radical (unpaired) electrons. The Hall–Kier alpha value is -1.92. The van der Waals surface area contributed by atoms with Gasteiger partial charge in [-0.3, -0.25) is 0 Å². The SMILES string of the molecule is CCC(C=Cc1nc2ccccc2s1)=C1C=CN(CC)c2ccccc21.I. The summed E-state index contributed by atoms with van der Waals surface area (Å²) in [4.78, 5) is 7.01. The Balaban J connectivity index is 0.00000210. The van der Waals surface area contributed by atoms with E-state index >= 15 is 0 Å². The van der Waals surface area contributed by atoms with Crippen LogP contribution < -0.4 is 4.90 Å². The fraction of sp³-hybridized carbons (Fsp3) is 0.174. The minimum Gasteiger partial charge on any atom is -0.348 e. The fourth-order valence-corrected chi connectivity index (χ4v) is 4.24. The molecule has 0 unspecified atom stereocenters. The number of anilines is 1. The van der Waals surface area contributed by atoms with Gasteiger partial charge in [0.15, 0.2) is 0 Å². The van der Waals surface area contributed by atoms with Gasteiger partial charge < -0.3 is 4.90 Å². The monoisotopic (exact) mass is 486 g/mol. The third kappa shape index (κ3) is 4.01. The van der Waals surface area contributed by atoms with Crippen LogP contribution in [0.25, 0.3) is 21.9 Å². The van der Waals surface area contributed by atoms with Crippen LogP contribution in [0.1, 0.15) is 30.8 Å². The number of halogens is 1. The third-order valence-corrected chi connectivity index (χ3v) is 5.73. The van der Waals surface area contributed by atoms with E-state index in [0.717, 1.165) is 23.5 Å². The number of allylic oxidation sites excluding steroid dienone is 4. The zero-order valence-electron chi connectivity index (χ0n) is 15.6. The summed E-state index contributed by atoms with van der Waals surface area (Å²) in [6, 6.07) is 17.0. The lowest BCUT2D eigenvalue weighted by molar-refractivity contribution is 1.00. The number of thiazole rings is 1. The molecule has 138 valence electrons. The fourth-order valence-electron chi connectivity index (χ4n) is 3.37. The summed E-state index contributed by atoms with van der Waals surface area (Å²) in [5.74, 6) is 0. The van der Waals surface area contributed by atoms with E-state index in [0.29, 0.717) is 0 Å². The maximum atomic E-state index is 4.72. The number of nitrogens with zero attached hydrogens (tertiary/aromatic N) is 2. The first-order valence-electron chi connectivity index (χ1n) is 9.11. The molecule has 0 amide bonds. The van der Waals surface area contributed by atoms with E-state index in [-0.39, 0.29) is 24.0 Å². The molecule has 0 N–H and O–H groups in total. The summed E-state index contributed by atoms with van der Waals surface area (Å²) in [5, 5.41) is 1.06. The van der Waals surface area contributed by atoms with Crippen molar-refractivity contribution in [1.29, 1.82) is 0 Å². The van der Waals surface area contributed by atoms with E-state index in [1.54, 1.807) is 11.3 Å². The van der Waals surface area contributed by atoms with Crippen molar-refractivity contribution in [3.63, 3.8) is 0 Å². The van der Waals surface area contributed by atoms with E-state index in [4.69, 9.17) is 4.98 Å². The van der Waals surface area contributed by atoms with E-state index in [2.05, 4.69) is 85.6 Å². The summed E-state index contributed by atoms with van der Waals surface area (Å²) in [7, 11) is 0. The van der Waals surface area contributed by atoms with Gasteiger partial charge in [-0.15, -0.1) is 35.3 Å². The maximum Gasteiger partial charge on any atom is 0.117 e. The Morgan fingerprint density at radius 2 is 1.85 bits per heavy atom. The molecule has 0 saturated carbocycles. The number of fused-ring (bicyclic) bond motifs is 2. The van der Waals surface area contributed by atoms with Crippen LogP contribution in [0.5, 0.6) is 0 Å². The van der Waals surface area contributed by atoms with E-state index in [1.165, 1.54) is 27.1 Å². The van der Waals surface area contributed by atoms with Gasteiger partial charge in [0.2, 0.25) is 0 Å². The van der Waals surface area contributed by atoms with Crippen molar-refractivity contribution in [2.24, 2.45) is 0 Å². The maximum absolute atomic E-state index is 4.72. The molecule has 2 aromatic carbocycles. The number of benzene rings is 2. The highest BCUT2D eigenvalue weighted by molar-refractivity contribution is 14.0. The summed E-state index contributed by atoms with van der Waals surface area (Å²) in [5.41, 5.74) is 6.31. The summed E-state index contributed by atoms with van der Waals surface area (Å²) < 4.78 is 1.24. The molecule has 3 aromatic rings. The van der Waals surface area contributed by atoms with Gasteiger partial charge in [-0.2, -0.15) is 0 Å². The van der Waals surface area contributed by atoms with Crippen molar-refractivity contribution in [3.05, 3.63) is 83.0 Å². The Labute approximate surface area is 182 Å². The van der Waals surface area contributed by atoms with Crippen molar-refractivity contribution >= 4 is 62.9 Å². The lowest BCUT2D eigenvalue weighted by atomic mass is 9.93. The highest BCUT2D eigenvalue weighted by Crippen LogP contribution is 2.35. The number of aromatic nitrogens is 1. The zero-order valence-corrected chi connectivity index (χ0v) is 18.7. The van der Waals surface area contributed by atoms with Gasteiger partial charge in [0.1, 0.15) is 5.01 Å². The standard InChI is InChI=1S/C23H22N2S.HI/c1-3-17(13-14-23-24-20-10-6-8-12-22(20)26-23)18-15-16-25(4-2)21-11-7-5-9-19(18)21;/h5-16H,3-4H2,1-2H3;1H.